The number of aliphatic hydroxyl groups is 1. The number of aryl methyl sites for hydroxylation is 1. The maximum absolute atomic E-state index is 12.3. The molecule has 0 spiro atoms. The number of pyridine rings is 2. The molecule has 2 aromatic rings. The van der Waals surface area contributed by atoms with E-state index in [9.17, 15) is 8.42 Å². The fourth-order valence-electron chi connectivity index (χ4n) is 1.57. The molecule has 2 aromatic heterocycles. The number of aliphatic hydroxyl groups excluding tert-OH is 1. The summed E-state index contributed by atoms with van der Waals surface area (Å²) in [5, 5.41) is 8.65. The molecule has 2 rings (SSSR count). The standard InChI is InChI=1S/C14H13N3O3S/c1-11-8-15-5-4-14(11)17-21(19,20)13-7-12(3-2-6-18)9-16-10-13/h4-5,7-10,18H,6H2,1H3,(H,15,17). The Bertz CT molecular complexity index is 807. The van der Waals surface area contributed by atoms with Gasteiger partial charge in [-0.05, 0) is 24.6 Å². The molecule has 6 nitrogen and oxygen atoms in total. The van der Waals surface area contributed by atoms with Crippen LogP contribution in [0.15, 0.2) is 41.8 Å². The Balaban J connectivity index is 2.34. The van der Waals surface area contributed by atoms with Gasteiger partial charge in [-0.2, -0.15) is 0 Å². The Hall–Kier alpha value is -2.43. The zero-order chi connectivity index (χ0) is 15.3. The average molecular weight is 303 g/mol. The molecule has 2 N–H and O–H groups in total. The van der Waals surface area contributed by atoms with Crippen LogP contribution in [0.5, 0.6) is 0 Å². The summed E-state index contributed by atoms with van der Waals surface area (Å²) in [7, 11) is -3.75. The van der Waals surface area contributed by atoms with Gasteiger partial charge in [-0.1, -0.05) is 11.8 Å². The SMILES string of the molecule is Cc1cnccc1NS(=O)(=O)c1cncc(C#CCO)c1. The van der Waals surface area contributed by atoms with Crippen LogP contribution in [0.1, 0.15) is 11.1 Å². The highest BCUT2D eigenvalue weighted by Gasteiger charge is 2.16. The summed E-state index contributed by atoms with van der Waals surface area (Å²) in [6.07, 6.45) is 5.74. The smallest absolute Gasteiger partial charge is 0.263 e. The van der Waals surface area contributed by atoms with E-state index in [0.717, 1.165) is 0 Å². The van der Waals surface area contributed by atoms with Gasteiger partial charge in [0.25, 0.3) is 10.0 Å². The van der Waals surface area contributed by atoms with Gasteiger partial charge in [0, 0.05) is 30.4 Å². The van der Waals surface area contributed by atoms with Crippen molar-refractivity contribution in [2.24, 2.45) is 0 Å². The second-order valence-electron chi connectivity index (χ2n) is 4.17. The van der Waals surface area contributed by atoms with Crippen LogP contribution in [-0.2, 0) is 10.0 Å². The minimum Gasteiger partial charge on any atom is -0.384 e. The van der Waals surface area contributed by atoms with E-state index in [2.05, 4.69) is 26.5 Å². The largest absolute Gasteiger partial charge is 0.384 e. The van der Waals surface area contributed by atoms with Crippen molar-refractivity contribution in [2.75, 3.05) is 11.3 Å². The summed E-state index contributed by atoms with van der Waals surface area (Å²) in [4.78, 5) is 7.76. The molecule has 0 aliphatic carbocycles. The topological polar surface area (TPSA) is 92.2 Å². The van der Waals surface area contributed by atoms with E-state index in [4.69, 9.17) is 5.11 Å². The molecule has 0 bridgehead atoms. The minimum atomic E-state index is -3.75. The van der Waals surface area contributed by atoms with E-state index >= 15 is 0 Å². The van der Waals surface area contributed by atoms with Crippen molar-refractivity contribution in [3.63, 3.8) is 0 Å². The molecule has 21 heavy (non-hydrogen) atoms. The molecule has 0 saturated carbocycles. The van der Waals surface area contributed by atoms with Crippen LogP contribution < -0.4 is 4.72 Å². The van der Waals surface area contributed by atoms with Gasteiger partial charge >= 0.3 is 0 Å². The number of nitrogens with one attached hydrogen (secondary N) is 1. The van der Waals surface area contributed by atoms with E-state index in [-0.39, 0.29) is 11.5 Å². The van der Waals surface area contributed by atoms with Crippen molar-refractivity contribution in [3.8, 4) is 11.8 Å². The van der Waals surface area contributed by atoms with E-state index in [0.29, 0.717) is 16.8 Å². The number of nitrogens with zero attached hydrogens (tertiary/aromatic N) is 2. The van der Waals surface area contributed by atoms with Crippen molar-refractivity contribution in [2.45, 2.75) is 11.8 Å². The van der Waals surface area contributed by atoms with Gasteiger partial charge in [0.15, 0.2) is 0 Å². The molecular weight excluding hydrogens is 290 g/mol. The third-order valence-corrected chi connectivity index (χ3v) is 3.93. The Labute approximate surface area is 122 Å². The van der Waals surface area contributed by atoms with Crippen molar-refractivity contribution >= 4 is 15.7 Å². The fraction of sp³-hybridized carbons (Fsp3) is 0.143. The van der Waals surface area contributed by atoms with Gasteiger partial charge in [-0.3, -0.25) is 14.7 Å². The minimum absolute atomic E-state index is 0.00320. The third-order valence-electron chi connectivity index (χ3n) is 2.60. The molecule has 0 aliphatic rings. The molecule has 7 heteroatoms. The van der Waals surface area contributed by atoms with E-state index in [1.165, 1.54) is 24.7 Å². The summed E-state index contributed by atoms with van der Waals surface area (Å²) in [6, 6.07) is 2.98. The van der Waals surface area contributed by atoms with E-state index in [1.807, 2.05) is 0 Å². The molecule has 0 unspecified atom stereocenters. The first kappa shape index (κ1) is 15.0. The quantitative estimate of drug-likeness (QED) is 0.823. The Morgan fingerprint density at radius 1 is 1.29 bits per heavy atom. The summed E-state index contributed by atoms with van der Waals surface area (Å²) in [5.41, 5.74) is 1.58. The predicted molar refractivity (Wildman–Crippen MR) is 78.0 cm³/mol. The first-order chi connectivity index (χ1) is 10.0. The Kier molecular flexibility index (Phi) is 4.52. The van der Waals surface area contributed by atoms with E-state index in [1.54, 1.807) is 19.2 Å². The highest BCUT2D eigenvalue weighted by Crippen LogP contribution is 2.18. The summed E-state index contributed by atoms with van der Waals surface area (Å²) in [5.74, 6) is 5.06. The predicted octanol–water partition coefficient (Wildman–Crippen LogP) is 0.930. The number of sulfonamides is 1. The van der Waals surface area contributed by atoms with Gasteiger partial charge in [-0.15, -0.1) is 0 Å². The summed E-state index contributed by atoms with van der Waals surface area (Å²) >= 11 is 0. The Morgan fingerprint density at radius 2 is 2.10 bits per heavy atom. The monoisotopic (exact) mass is 303 g/mol. The maximum atomic E-state index is 12.3. The third kappa shape index (κ3) is 3.78. The lowest BCUT2D eigenvalue weighted by Crippen LogP contribution is -2.14. The van der Waals surface area contributed by atoms with Gasteiger partial charge < -0.3 is 5.11 Å². The molecule has 0 aliphatic heterocycles. The number of aromatic nitrogens is 2. The number of anilines is 1. The first-order valence-electron chi connectivity index (χ1n) is 6.01. The molecule has 108 valence electrons. The Morgan fingerprint density at radius 3 is 2.81 bits per heavy atom. The highest BCUT2D eigenvalue weighted by molar-refractivity contribution is 7.92. The first-order valence-corrected chi connectivity index (χ1v) is 7.49. The fourth-order valence-corrected chi connectivity index (χ4v) is 2.69. The molecule has 0 fully saturated rings. The second-order valence-corrected chi connectivity index (χ2v) is 5.85. The average Bonchev–Trinajstić information content (AvgIpc) is 2.48. The number of hydrogen-bond donors (Lipinski definition) is 2. The molecule has 0 amide bonds. The number of rotatable bonds is 3. The molecule has 0 atom stereocenters. The lowest BCUT2D eigenvalue weighted by molar-refractivity contribution is 0.350. The van der Waals surface area contributed by atoms with Gasteiger partial charge in [0.2, 0.25) is 0 Å². The molecular formula is C14H13N3O3S. The van der Waals surface area contributed by atoms with Crippen LogP contribution in [0, 0.1) is 18.8 Å². The van der Waals surface area contributed by atoms with Crippen LogP contribution >= 0.6 is 0 Å². The van der Waals surface area contributed by atoms with Crippen LogP contribution in [0.25, 0.3) is 0 Å². The van der Waals surface area contributed by atoms with Crippen molar-refractivity contribution in [1.29, 1.82) is 0 Å². The van der Waals surface area contributed by atoms with Crippen LogP contribution in [0.4, 0.5) is 5.69 Å². The van der Waals surface area contributed by atoms with Crippen molar-refractivity contribution in [3.05, 3.63) is 48.0 Å². The second kappa shape index (κ2) is 6.35. The van der Waals surface area contributed by atoms with Crippen LogP contribution in [0.2, 0.25) is 0 Å². The normalized spacial score (nSPS) is 10.6. The van der Waals surface area contributed by atoms with Crippen molar-refractivity contribution < 1.29 is 13.5 Å². The number of hydrogen-bond acceptors (Lipinski definition) is 5. The van der Waals surface area contributed by atoms with Gasteiger partial charge in [-0.25, -0.2) is 8.42 Å². The molecule has 2 heterocycles. The highest BCUT2D eigenvalue weighted by atomic mass is 32.2. The molecule has 0 saturated heterocycles. The van der Waals surface area contributed by atoms with Crippen LogP contribution in [-0.4, -0.2) is 30.1 Å². The van der Waals surface area contributed by atoms with E-state index < -0.39 is 10.0 Å². The van der Waals surface area contributed by atoms with Crippen molar-refractivity contribution in [1.82, 2.24) is 9.97 Å². The van der Waals surface area contributed by atoms with Gasteiger partial charge in [0.1, 0.15) is 11.5 Å². The zero-order valence-corrected chi connectivity index (χ0v) is 12.1. The summed E-state index contributed by atoms with van der Waals surface area (Å²) < 4.78 is 27.1. The lowest BCUT2D eigenvalue weighted by Gasteiger charge is -2.09. The lowest BCUT2D eigenvalue weighted by atomic mass is 10.3. The van der Waals surface area contributed by atoms with Gasteiger partial charge in [0.05, 0.1) is 5.69 Å². The van der Waals surface area contributed by atoms with Crippen LogP contribution in [0.3, 0.4) is 0 Å². The zero-order valence-electron chi connectivity index (χ0n) is 11.2. The molecule has 0 radical (unpaired) electrons. The maximum Gasteiger partial charge on any atom is 0.263 e. The molecule has 0 aromatic carbocycles. The summed E-state index contributed by atoms with van der Waals surface area (Å²) in [6.45, 7) is 1.46.